The van der Waals surface area contributed by atoms with Crippen molar-refractivity contribution in [1.82, 2.24) is 9.78 Å². The van der Waals surface area contributed by atoms with Crippen molar-refractivity contribution in [3.8, 4) is 5.75 Å². The summed E-state index contributed by atoms with van der Waals surface area (Å²) in [5.41, 5.74) is 0.0832. The van der Waals surface area contributed by atoms with Crippen molar-refractivity contribution in [2.24, 2.45) is 0 Å². The number of rotatable bonds is 8. The zero-order chi connectivity index (χ0) is 25.9. The number of aryl methyl sites for hydroxylation is 1. The average Bonchev–Trinajstić information content (AvgIpc) is 3.44. The second kappa shape index (κ2) is 9.94. The van der Waals surface area contributed by atoms with Crippen molar-refractivity contribution in [3.63, 3.8) is 0 Å². The number of anilines is 1. The molecule has 0 saturated carbocycles. The van der Waals surface area contributed by atoms with Crippen molar-refractivity contribution in [3.05, 3.63) is 105 Å². The molecule has 0 bridgehead atoms. The Hall–Kier alpha value is -4.61. The first kappa shape index (κ1) is 24.5. The molecule has 0 atom stereocenters. The maximum atomic E-state index is 13.0. The number of hydrogen-bond donors (Lipinski definition) is 1. The minimum absolute atomic E-state index is 0.0405. The fraction of sp³-hybridized carbons (Fsp3) is 0.167. The molecule has 1 N–H and O–H groups in total. The van der Waals surface area contributed by atoms with Crippen LogP contribution in [-0.2, 0) is 19.3 Å². The summed E-state index contributed by atoms with van der Waals surface area (Å²) in [5.74, 6) is -0.119. The molecule has 1 amide bonds. The fourth-order valence-electron chi connectivity index (χ4n) is 3.38. The standard InChI is InChI=1S/C24H19F3N4O5/c1-15-11-22(29-30(15)13-16-5-4-6-17(12-16)24(25,26)27)28-23(32)21-10-9-18(36-21)14-35-20-8-3-2-7-19(20)31(33)34/h2-12H,13-14H2,1H3,(H,28,29,32). The molecule has 0 spiro atoms. The van der Waals surface area contributed by atoms with Gasteiger partial charge in [0.05, 0.1) is 17.0 Å². The number of furan rings is 1. The Bertz CT molecular complexity index is 1410. The predicted octanol–water partition coefficient (Wildman–Crippen LogP) is 5.59. The van der Waals surface area contributed by atoms with E-state index < -0.39 is 22.6 Å². The second-order valence-corrected chi connectivity index (χ2v) is 7.76. The van der Waals surface area contributed by atoms with E-state index in [2.05, 4.69) is 10.4 Å². The van der Waals surface area contributed by atoms with E-state index in [4.69, 9.17) is 9.15 Å². The molecule has 9 nitrogen and oxygen atoms in total. The Balaban J connectivity index is 1.39. The van der Waals surface area contributed by atoms with Crippen LogP contribution in [0.1, 0.15) is 33.1 Å². The van der Waals surface area contributed by atoms with Crippen molar-refractivity contribution in [1.29, 1.82) is 0 Å². The molecule has 0 saturated heterocycles. The minimum Gasteiger partial charge on any atom is -0.479 e. The van der Waals surface area contributed by atoms with Gasteiger partial charge in [0.1, 0.15) is 12.4 Å². The number of carbonyl (C=O) groups excluding carboxylic acids is 1. The maximum Gasteiger partial charge on any atom is 0.416 e. The van der Waals surface area contributed by atoms with E-state index >= 15 is 0 Å². The van der Waals surface area contributed by atoms with E-state index in [1.807, 2.05) is 0 Å². The second-order valence-electron chi connectivity index (χ2n) is 7.76. The molecule has 0 fully saturated rings. The molecule has 12 heteroatoms. The first-order chi connectivity index (χ1) is 17.1. The number of nitro groups is 1. The third-order valence-corrected chi connectivity index (χ3v) is 5.13. The number of nitrogens with one attached hydrogen (secondary N) is 1. The summed E-state index contributed by atoms with van der Waals surface area (Å²) in [7, 11) is 0. The molecule has 186 valence electrons. The molecular formula is C24H19F3N4O5. The van der Waals surface area contributed by atoms with Crippen molar-refractivity contribution >= 4 is 17.4 Å². The fourth-order valence-corrected chi connectivity index (χ4v) is 3.38. The van der Waals surface area contributed by atoms with E-state index in [0.29, 0.717) is 11.3 Å². The Morgan fingerprint density at radius 2 is 1.92 bits per heavy atom. The minimum atomic E-state index is -4.45. The molecule has 4 aromatic rings. The summed E-state index contributed by atoms with van der Waals surface area (Å²) >= 11 is 0. The van der Waals surface area contributed by atoms with Crippen LogP contribution in [0.25, 0.3) is 0 Å². The van der Waals surface area contributed by atoms with Gasteiger partial charge in [-0.05, 0) is 42.8 Å². The van der Waals surface area contributed by atoms with Crippen molar-refractivity contribution < 1.29 is 32.0 Å². The summed E-state index contributed by atoms with van der Waals surface area (Å²) < 4.78 is 51.3. The SMILES string of the molecule is Cc1cc(NC(=O)c2ccc(COc3ccccc3[N+](=O)[O-])o2)nn1Cc1cccc(C(F)(F)F)c1. The molecule has 0 aliphatic heterocycles. The number of carbonyl (C=O) groups is 1. The van der Waals surface area contributed by atoms with Crippen LogP contribution in [0.4, 0.5) is 24.7 Å². The molecule has 2 aromatic heterocycles. The van der Waals surface area contributed by atoms with Crippen LogP contribution in [-0.4, -0.2) is 20.6 Å². The summed E-state index contributed by atoms with van der Waals surface area (Å²) in [6, 6.07) is 15.3. The Morgan fingerprint density at radius 3 is 2.67 bits per heavy atom. The quantitative estimate of drug-likeness (QED) is 0.249. The van der Waals surface area contributed by atoms with E-state index in [1.54, 1.807) is 25.1 Å². The lowest BCUT2D eigenvalue weighted by molar-refractivity contribution is -0.386. The van der Waals surface area contributed by atoms with Gasteiger partial charge in [-0.25, -0.2) is 0 Å². The largest absolute Gasteiger partial charge is 0.479 e. The Labute approximate surface area is 202 Å². The van der Waals surface area contributed by atoms with Crippen LogP contribution in [0, 0.1) is 17.0 Å². The number of hydrogen-bond acceptors (Lipinski definition) is 6. The first-order valence-corrected chi connectivity index (χ1v) is 10.6. The Kier molecular flexibility index (Phi) is 6.77. The monoisotopic (exact) mass is 500 g/mol. The number of aromatic nitrogens is 2. The maximum absolute atomic E-state index is 13.0. The lowest BCUT2D eigenvalue weighted by Crippen LogP contribution is -2.12. The van der Waals surface area contributed by atoms with E-state index in [-0.39, 0.29) is 41.9 Å². The molecule has 0 radical (unpaired) electrons. The predicted molar refractivity (Wildman–Crippen MR) is 122 cm³/mol. The normalized spacial score (nSPS) is 11.3. The summed E-state index contributed by atoms with van der Waals surface area (Å²) in [4.78, 5) is 23.1. The van der Waals surface area contributed by atoms with Gasteiger partial charge < -0.3 is 14.5 Å². The summed E-state index contributed by atoms with van der Waals surface area (Å²) in [5, 5.41) is 17.9. The molecule has 2 heterocycles. The number of amides is 1. The smallest absolute Gasteiger partial charge is 0.416 e. The summed E-state index contributed by atoms with van der Waals surface area (Å²) in [6.07, 6.45) is -4.45. The molecular weight excluding hydrogens is 481 g/mol. The zero-order valence-corrected chi connectivity index (χ0v) is 18.8. The number of para-hydroxylation sites is 2. The number of alkyl halides is 3. The van der Waals surface area contributed by atoms with Gasteiger partial charge >= 0.3 is 11.9 Å². The average molecular weight is 500 g/mol. The van der Waals surface area contributed by atoms with E-state index in [9.17, 15) is 28.1 Å². The zero-order valence-electron chi connectivity index (χ0n) is 18.8. The number of ether oxygens (including phenoxy) is 1. The number of benzene rings is 2. The third-order valence-electron chi connectivity index (χ3n) is 5.13. The van der Waals surface area contributed by atoms with Gasteiger partial charge in [-0.2, -0.15) is 18.3 Å². The lowest BCUT2D eigenvalue weighted by atomic mass is 10.1. The Morgan fingerprint density at radius 1 is 1.14 bits per heavy atom. The first-order valence-electron chi connectivity index (χ1n) is 10.6. The highest BCUT2D eigenvalue weighted by Gasteiger charge is 2.30. The molecule has 0 aliphatic rings. The van der Waals surface area contributed by atoms with Gasteiger partial charge in [0.15, 0.2) is 17.3 Å². The van der Waals surface area contributed by atoms with Gasteiger partial charge in [-0.3, -0.25) is 19.6 Å². The highest BCUT2D eigenvalue weighted by atomic mass is 19.4. The van der Waals surface area contributed by atoms with E-state index in [1.165, 1.54) is 41.1 Å². The highest BCUT2D eigenvalue weighted by molar-refractivity contribution is 6.01. The van der Waals surface area contributed by atoms with Crippen LogP contribution in [0.5, 0.6) is 5.75 Å². The van der Waals surface area contributed by atoms with Gasteiger partial charge in [0, 0.05) is 17.8 Å². The van der Waals surface area contributed by atoms with Crippen LogP contribution in [0.15, 0.2) is 71.1 Å². The van der Waals surface area contributed by atoms with Gasteiger partial charge in [-0.15, -0.1) is 0 Å². The molecule has 2 aromatic carbocycles. The van der Waals surface area contributed by atoms with Crippen LogP contribution < -0.4 is 10.1 Å². The summed E-state index contributed by atoms with van der Waals surface area (Å²) in [6.45, 7) is 1.66. The number of halogens is 3. The van der Waals surface area contributed by atoms with Crippen LogP contribution in [0.3, 0.4) is 0 Å². The number of nitrogens with zero attached hydrogens (tertiary/aromatic N) is 3. The van der Waals surface area contributed by atoms with Gasteiger partial charge in [-0.1, -0.05) is 24.3 Å². The molecule has 36 heavy (non-hydrogen) atoms. The van der Waals surface area contributed by atoms with Crippen molar-refractivity contribution in [2.75, 3.05) is 5.32 Å². The van der Waals surface area contributed by atoms with Crippen LogP contribution >= 0.6 is 0 Å². The highest BCUT2D eigenvalue weighted by Crippen LogP contribution is 2.30. The topological polar surface area (TPSA) is 112 Å². The number of nitro benzene ring substituents is 1. The van der Waals surface area contributed by atoms with Crippen LogP contribution in [0.2, 0.25) is 0 Å². The van der Waals surface area contributed by atoms with Gasteiger partial charge in [0.2, 0.25) is 0 Å². The van der Waals surface area contributed by atoms with Gasteiger partial charge in [0.25, 0.3) is 5.91 Å². The lowest BCUT2D eigenvalue weighted by Gasteiger charge is -2.09. The third kappa shape index (κ3) is 5.71. The molecule has 4 rings (SSSR count). The van der Waals surface area contributed by atoms with E-state index in [0.717, 1.165) is 12.1 Å². The molecule has 0 unspecified atom stereocenters. The molecule has 0 aliphatic carbocycles. The van der Waals surface area contributed by atoms with Crippen molar-refractivity contribution in [2.45, 2.75) is 26.3 Å².